The molecule has 38 heavy (non-hydrogen) atoms. The van der Waals surface area contributed by atoms with Crippen LogP contribution in [0.4, 0.5) is 4.79 Å². The third-order valence-electron chi connectivity index (χ3n) is 5.93. The van der Waals surface area contributed by atoms with Gasteiger partial charge in [0.1, 0.15) is 12.6 Å². The summed E-state index contributed by atoms with van der Waals surface area (Å²) < 4.78 is 5.36. The zero-order valence-electron chi connectivity index (χ0n) is 21.1. The van der Waals surface area contributed by atoms with E-state index in [1.165, 1.54) is 0 Å². The Morgan fingerprint density at radius 2 is 1.76 bits per heavy atom. The average Bonchev–Trinajstić information content (AvgIpc) is 2.91. The second kappa shape index (κ2) is 15.8. The van der Waals surface area contributed by atoms with E-state index in [1.54, 1.807) is 11.8 Å². The molecule has 2 aromatic rings. The van der Waals surface area contributed by atoms with Crippen LogP contribution in [0.3, 0.4) is 0 Å². The number of ether oxygens (including phenoxy) is 1. The lowest BCUT2D eigenvalue weighted by molar-refractivity contribution is -0.136. The van der Waals surface area contributed by atoms with Gasteiger partial charge in [-0.2, -0.15) is 0 Å². The van der Waals surface area contributed by atoms with Crippen molar-refractivity contribution in [1.82, 2.24) is 21.3 Å². The summed E-state index contributed by atoms with van der Waals surface area (Å²) in [5.74, 6) is -0.229. The zero-order chi connectivity index (χ0) is 27.2. The van der Waals surface area contributed by atoms with Crippen LogP contribution in [0.2, 0.25) is 0 Å². The Kier molecular flexibility index (Phi) is 12.2. The van der Waals surface area contributed by atoms with Crippen LogP contribution in [-0.4, -0.2) is 53.1 Å². The highest BCUT2D eigenvalue weighted by molar-refractivity contribution is 7.99. The number of amides is 2. The number of unbranched alkanes of at least 4 members (excludes halogenated alkanes) is 1. The molecule has 2 aromatic carbocycles. The summed E-state index contributed by atoms with van der Waals surface area (Å²) in [6.45, 7) is 0.921. The predicted molar refractivity (Wildman–Crippen MR) is 151 cm³/mol. The van der Waals surface area contributed by atoms with Crippen molar-refractivity contribution >= 4 is 47.1 Å². The highest BCUT2D eigenvalue weighted by Crippen LogP contribution is 2.35. The molecule has 2 atom stereocenters. The molecule has 5 N–H and O–H groups in total. The summed E-state index contributed by atoms with van der Waals surface area (Å²) in [4.78, 5) is 37.6. The van der Waals surface area contributed by atoms with Gasteiger partial charge < -0.3 is 31.1 Å². The monoisotopic (exact) mass is 558 g/mol. The van der Waals surface area contributed by atoms with Crippen LogP contribution in [0.25, 0.3) is 0 Å². The lowest BCUT2D eigenvalue weighted by Gasteiger charge is -2.28. The summed E-state index contributed by atoms with van der Waals surface area (Å²) >= 11 is 6.92. The standard InChI is InChI=1S/C27H34N4O5S2/c32-24(33)13-16-29-26(37)28-15-7-6-11-22(31-27(35)36-18-19-8-2-1-3-9-19)25(34)30-21-14-17-38-23-12-5-4-10-20(21)23/h1-5,8-10,12,21-22H,6-7,11,13-18H2,(H,30,34)(H,31,35)(H,32,33)(H2,28,29,37). The molecule has 0 spiro atoms. The molecule has 0 saturated heterocycles. The van der Waals surface area contributed by atoms with E-state index in [4.69, 9.17) is 22.1 Å². The number of carbonyl (C=O) groups excluding carboxylic acids is 2. The van der Waals surface area contributed by atoms with E-state index in [9.17, 15) is 14.4 Å². The molecule has 2 unspecified atom stereocenters. The minimum Gasteiger partial charge on any atom is -0.481 e. The van der Waals surface area contributed by atoms with E-state index < -0.39 is 18.1 Å². The Labute approximate surface area is 232 Å². The van der Waals surface area contributed by atoms with Crippen LogP contribution in [0.1, 0.15) is 49.3 Å². The van der Waals surface area contributed by atoms with Crippen LogP contribution in [0.15, 0.2) is 59.5 Å². The third kappa shape index (κ3) is 10.2. The molecule has 0 saturated carbocycles. The van der Waals surface area contributed by atoms with Crippen molar-refractivity contribution in [1.29, 1.82) is 0 Å². The topological polar surface area (TPSA) is 129 Å². The summed E-state index contributed by atoms with van der Waals surface area (Å²) in [7, 11) is 0. The minimum absolute atomic E-state index is 0.0190. The fraction of sp³-hybridized carbons (Fsp3) is 0.407. The third-order valence-corrected chi connectivity index (χ3v) is 7.34. The number of alkyl carbamates (subject to hydrolysis) is 1. The van der Waals surface area contributed by atoms with E-state index in [0.717, 1.165) is 28.2 Å². The van der Waals surface area contributed by atoms with Crippen molar-refractivity contribution in [2.24, 2.45) is 0 Å². The summed E-state index contributed by atoms with van der Waals surface area (Å²) in [6.07, 6.45) is 1.93. The summed E-state index contributed by atoms with van der Waals surface area (Å²) in [5.41, 5.74) is 1.95. The highest BCUT2D eigenvalue weighted by atomic mass is 32.2. The van der Waals surface area contributed by atoms with Gasteiger partial charge in [-0.15, -0.1) is 11.8 Å². The smallest absolute Gasteiger partial charge is 0.408 e. The van der Waals surface area contributed by atoms with Gasteiger partial charge in [-0.3, -0.25) is 9.59 Å². The lowest BCUT2D eigenvalue weighted by atomic mass is 10.0. The lowest BCUT2D eigenvalue weighted by Crippen LogP contribution is -2.48. The van der Waals surface area contributed by atoms with E-state index in [1.807, 2.05) is 48.5 Å². The first-order valence-corrected chi connectivity index (χ1v) is 14.0. The molecular weight excluding hydrogens is 524 g/mol. The molecule has 0 bridgehead atoms. The van der Waals surface area contributed by atoms with Crippen LogP contribution in [0, 0.1) is 0 Å². The maximum Gasteiger partial charge on any atom is 0.408 e. The summed E-state index contributed by atoms with van der Waals surface area (Å²) in [5, 5.41) is 20.8. The molecule has 0 aliphatic carbocycles. The fourth-order valence-corrected chi connectivity index (χ4v) is 5.29. The van der Waals surface area contributed by atoms with Gasteiger partial charge >= 0.3 is 12.1 Å². The first kappa shape index (κ1) is 29.2. The summed E-state index contributed by atoms with van der Waals surface area (Å²) in [6, 6.07) is 16.5. The second-order valence-electron chi connectivity index (χ2n) is 8.82. The van der Waals surface area contributed by atoms with Gasteiger partial charge in [-0.05, 0) is 55.1 Å². The highest BCUT2D eigenvalue weighted by Gasteiger charge is 2.27. The quantitative estimate of drug-likeness (QED) is 0.184. The second-order valence-corrected chi connectivity index (χ2v) is 10.4. The first-order valence-electron chi connectivity index (χ1n) is 12.6. The predicted octanol–water partition coefficient (Wildman–Crippen LogP) is 3.74. The SMILES string of the molecule is O=C(O)CCNC(=S)NCCCCC(NC(=O)OCc1ccccc1)C(=O)NC1CCSc2ccccc21. The molecule has 3 rings (SSSR count). The first-order chi connectivity index (χ1) is 18.4. The molecule has 0 aromatic heterocycles. The van der Waals surface area contributed by atoms with Gasteiger partial charge in [0.2, 0.25) is 5.91 Å². The molecule has 1 heterocycles. The van der Waals surface area contributed by atoms with Gasteiger partial charge in [0, 0.05) is 23.7 Å². The van der Waals surface area contributed by atoms with Crippen molar-refractivity contribution < 1.29 is 24.2 Å². The van der Waals surface area contributed by atoms with Gasteiger partial charge in [0.25, 0.3) is 0 Å². The molecule has 1 aliphatic heterocycles. The van der Waals surface area contributed by atoms with E-state index in [0.29, 0.717) is 30.9 Å². The van der Waals surface area contributed by atoms with Gasteiger partial charge in [-0.25, -0.2) is 4.79 Å². The minimum atomic E-state index is -0.894. The van der Waals surface area contributed by atoms with Gasteiger partial charge in [-0.1, -0.05) is 48.5 Å². The van der Waals surface area contributed by atoms with Crippen LogP contribution in [0.5, 0.6) is 0 Å². The maximum absolute atomic E-state index is 13.3. The number of aliphatic carboxylic acids is 1. The molecule has 9 nitrogen and oxygen atoms in total. The number of rotatable bonds is 13. The number of carboxylic acid groups (broad SMARTS) is 1. The molecule has 1 aliphatic rings. The van der Waals surface area contributed by atoms with Crippen LogP contribution in [-0.2, 0) is 20.9 Å². The van der Waals surface area contributed by atoms with Crippen molar-refractivity contribution in [2.45, 2.75) is 55.7 Å². The van der Waals surface area contributed by atoms with E-state index in [-0.39, 0.29) is 31.5 Å². The Bertz CT molecular complexity index is 1090. The number of thioether (sulfide) groups is 1. The Morgan fingerprint density at radius 1 is 1.03 bits per heavy atom. The molecule has 11 heteroatoms. The van der Waals surface area contributed by atoms with Crippen LogP contribution < -0.4 is 21.3 Å². The van der Waals surface area contributed by atoms with E-state index >= 15 is 0 Å². The molecular formula is C27H34N4O5S2. The van der Waals surface area contributed by atoms with Crippen molar-refractivity contribution in [3.63, 3.8) is 0 Å². The van der Waals surface area contributed by atoms with E-state index in [2.05, 4.69) is 27.3 Å². The molecule has 0 radical (unpaired) electrons. The zero-order valence-corrected chi connectivity index (χ0v) is 22.7. The largest absolute Gasteiger partial charge is 0.481 e. The molecule has 2 amide bonds. The fourth-order valence-electron chi connectivity index (χ4n) is 3.96. The number of carbonyl (C=O) groups is 3. The number of carboxylic acids is 1. The van der Waals surface area contributed by atoms with Gasteiger partial charge in [0.05, 0.1) is 12.5 Å². The van der Waals surface area contributed by atoms with Crippen molar-refractivity contribution in [3.8, 4) is 0 Å². The number of fused-ring (bicyclic) bond motifs is 1. The number of nitrogens with one attached hydrogen (secondary N) is 4. The number of hydrogen-bond acceptors (Lipinski definition) is 6. The van der Waals surface area contributed by atoms with Gasteiger partial charge in [0.15, 0.2) is 5.11 Å². The Morgan fingerprint density at radius 3 is 2.55 bits per heavy atom. The van der Waals surface area contributed by atoms with Crippen molar-refractivity contribution in [2.75, 3.05) is 18.8 Å². The maximum atomic E-state index is 13.3. The average molecular weight is 559 g/mol. The molecule has 204 valence electrons. The molecule has 0 fully saturated rings. The Hall–Kier alpha value is -3.31. The number of benzene rings is 2. The number of thiocarbonyl (C=S) groups is 1. The van der Waals surface area contributed by atoms with Crippen LogP contribution >= 0.6 is 24.0 Å². The Balaban J connectivity index is 1.51. The normalized spacial score (nSPS) is 14.9. The number of hydrogen-bond donors (Lipinski definition) is 5. The van der Waals surface area contributed by atoms with Crippen molar-refractivity contribution in [3.05, 3.63) is 65.7 Å².